The summed E-state index contributed by atoms with van der Waals surface area (Å²) in [6.45, 7) is 0.707. The first-order valence-electron chi connectivity index (χ1n) is 10.3. The third-order valence-corrected chi connectivity index (χ3v) is 5.31. The van der Waals surface area contributed by atoms with Crippen LogP contribution in [0.4, 0.5) is 11.4 Å². The minimum Gasteiger partial charge on any atom is -0.397 e. The molecule has 2 aromatic heterocycles. The number of hydrogen-bond acceptors (Lipinski definition) is 5. The molecule has 2 aromatic carbocycles. The second-order valence-corrected chi connectivity index (χ2v) is 7.88. The van der Waals surface area contributed by atoms with Gasteiger partial charge in [0.05, 0.1) is 17.1 Å². The fourth-order valence-corrected chi connectivity index (χ4v) is 3.41. The number of anilines is 2. The molecular formula is C24H23ClN6O. The smallest absolute Gasteiger partial charge is 0.224 e. The summed E-state index contributed by atoms with van der Waals surface area (Å²) in [5, 5.41) is 11.9. The number of nitrogens with one attached hydrogen (secondary N) is 1. The van der Waals surface area contributed by atoms with Crippen LogP contribution in [-0.4, -0.2) is 25.9 Å². The van der Waals surface area contributed by atoms with Crippen LogP contribution >= 0.6 is 11.6 Å². The standard InChI is InChI=1S/C24H23ClN6O/c25-20-6-3-17(4-7-20)11-13-31-16-21(29-30-31)8-10-24(32)28-23-14-18(5-9-22(23)26)19-2-1-12-27-15-19/h1-7,9,12,14-16H,8,10-11,13,26H2,(H,28,32). The molecule has 1 amide bonds. The number of aryl methyl sites for hydroxylation is 3. The predicted molar refractivity (Wildman–Crippen MR) is 126 cm³/mol. The quantitative estimate of drug-likeness (QED) is 0.391. The number of rotatable bonds is 8. The number of amides is 1. The molecule has 7 nitrogen and oxygen atoms in total. The van der Waals surface area contributed by atoms with E-state index in [0.29, 0.717) is 24.3 Å². The Morgan fingerprint density at radius 3 is 2.69 bits per heavy atom. The average Bonchev–Trinajstić information content (AvgIpc) is 3.27. The lowest BCUT2D eigenvalue weighted by atomic mass is 10.1. The zero-order chi connectivity index (χ0) is 22.3. The van der Waals surface area contributed by atoms with Crippen molar-refractivity contribution in [2.75, 3.05) is 11.1 Å². The number of pyridine rings is 1. The summed E-state index contributed by atoms with van der Waals surface area (Å²) in [5.41, 5.74) is 11.0. The maximum Gasteiger partial charge on any atom is 0.224 e. The molecule has 0 atom stereocenters. The van der Waals surface area contributed by atoms with Crippen LogP contribution < -0.4 is 11.1 Å². The van der Waals surface area contributed by atoms with Crippen molar-refractivity contribution in [2.24, 2.45) is 0 Å². The molecule has 0 saturated carbocycles. The molecule has 8 heteroatoms. The summed E-state index contributed by atoms with van der Waals surface area (Å²) in [5.74, 6) is -0.129. The van der Waals surface area contributed by atoms with Crippen LogP contribution in [0.5, 0.6) is 0 Å². The van der Waals surface area contributed by atoms with E-state index in [4.69, 9.17) is 17.3 Å². The van der Waals surface area contributed by atoms with Gasteiger partial charge in [-0.1, -0.05) is 41.1 Å². The van der Waals surface area contributed by atoms with Crippen molar-refractivity contribution >= 4 is 28.9 Å². The van der Waals surface area contributed by atoms with E-state index < -0.39 is 0 Å². The first-order valence-corrected chi connectivity index (χ1v) is 10.7. The van der Waals surface area contributed by atoms with E-state index in [2.05, 4.69) is 20.6 Å². The third-order valence-electron chi connectivity index (χ3n) is 5.06. The number of benzene rings is 2. The molecule has 0 saturated heterocycles. The van der Waals surface area contributed by atoms with E-state index in [9.17, 15) is 4.79 Å². The van der Waals surface area contributed by atoms with Gasteiger partial charge >= 0.3 is 0 Å². The van der Waals surface area contributed by atoms with Crippen molar-refractivity contribution in [3.05, 3.63) is 89.5 Å². The van der Waals surface area contributed by atoms with E-state index in [1.54, 1.807) is 23.1 Å². The molecule has 0 aliphatic carbocycles. The Hall–Kier alpha value is -3.71. The molecule has 0 aliphatic rings. The van der Waals surface area contributed by atoms with Crippen molar-refractivity contribution < 1.29 is 4.79 Å². The first-order chi connectivity index (χ1) is 15.6. The monoisotopic (exact) mass is 446 g/mol. The third kappa shape index (κ3) is 5.70. The fraction of sp³-hybridized carbons (Fsp3) is 0.167. The van der Waals surface area contributed by atoms with Crippen LogP contribution in [0.3, 0.4) is 0 Å². The van der Waals surface area contributed by atoms with E-state index in [1.807, 2.05) is 54.7 Å². The molecular weight excluding hydrogens is 424 g/mol. The van der Waals surface area contributed by atoms with Crippen LogP contribution in [0.1, 0.15) is 17.7 Å². The lowest BCUT2D eigenvalue weighted by molar-refractivity contribution is -0.116. The Kier molecular flexibility index (Phi) is 6.77. The van der Waals surface area contributed by atoms with Gasteiger partial charge in [0.2, 0.25) is 5.91 Å². The molecule has 0 fully saturated rings. The van der Waals surface area contributed by atoms with Gasteiger partial charge in [-0.15, -0.1) is 5.10 Å². The van der Waals surface area contributed by atoms with E-state index in [1.165, 1.54) is 5.56 Å². The van der Waals surface area contributed by atoms with Gasteiger partial charge in [0.25, 0.3) is 0 Å². The Morgan fingerprint density at radius 2 is 1.91 bits per heavy atom. The highest BCUT2D eigenvalue weighted by Crippen LogP contribution is 2.27. The van der Waals surface area contributed by atoms with Gasteiger partial charge in [-0.2, -0.15) is 0 Å². The second kappa shape index (κ2) is 10.1. The highest BCUT2D eigenvalue weighted by molar-refractivity contribution is 6.30. The van der Waals surface area contributed by atoms with Crippen LogP contribution in [0, 0.1) is 0 Å². The lowest BCUT2D eigenvalue weighted by Gasteiger charge is -2.10. The van der Waals surface area contributed by atoms with Gasteiger partial charge in [0, 0.05) is 48.6 Å². The predicted octanol–water partition coefficient (Wildman–Crippen LogP) is 4.39. The number of halogens is 1. The van der Waals surface area contributed by atoms with Crippen molar-refractivity contribution in [3.63, 3.8) is 0 Å². The van der Waals surface area contributed by atoms with Crippen molar-refractivity contribution in [2.45, 2.75) is 25.8 Å². The number of nitrogen functional groups attached to an aromatic ring is 1. The summed E-state index contributed by atoms with van der Waals surface area (Å²) >= 11 is 5.92. The molecule has 0 aliphatic heterocycles. The van der Waals surface area contributed by atoms with Crippen LogP contribution in [-0.2, 0) is 24.2 Å². The molecule has 162 valence electrons. The summed E-state index contributed by atoms with van der Waals surface area (Å²) in [4.78, 5) is 16.6. The lowest BCUT2D eigenvalue weighted by Crippen LogP contribution is -2.13. The highest BCUT2D eigenvalue weighted by atomic mass is 35.5. The van der Waals surface area contributed by atoms with E-state index >= 15 is 0 Å². The van der Waals surface area contributed by atoms with Gasteiger partial charge in [-0.05, 0) is 47.9 Å². The largest absolute Gasteiger partial charge is 0.397 e. The minimum absolute atomic E-state index is 0.129. The second-order valence-electron chi connectivity index (χ2n) is 7.44. The van der Waals surface area contributed by atoms with Gasteiger partial charge in [0.15, 0.2) is 0 Å². The number of nitrogens with zero attached hydrogens (tertiary/aromatic N) is 4. The van der Waals surface area contributed by atoms with Gasteiger partial charge in [0.1, 0.15) is 0 Å². The molecule has 0 bridgehead atoms. The maximum absolute atomic E-state index is 12.5. The molecule has 2 heterocycles. The molecule has 4 aromatic rings. The van der Waals surface area contributed by atoms with Gasteiger partial charge in [-0.3, -0.25) is 14.5 Å². The summed E-state index contributed by atoms with van der Waals surface area (Å²) < 4.78 is 1.79. The molecule has 3 N–H and O–H groups in total. The Balaban J connectivity index is 1.30. The van der Waals surface area contributed by atoms with Crippen molar-refractivity contribution in [3.8, 4) is 11.1 Å². The van der Waals surface area contributed by atoms with Crippen LogP contribution in [0.15, 0.2) is 73.2 Å². The molecule has 0 unspecified atom stereocenters. The van der Waals surface area contributed by atoms with E-state index in [0.717, 1.165) is 28.3 Å². The highest BCUT2D eigenvalue weighted by Gasteiger charge is 2.10. The minimum atomic E-state index is -0.129. The molecule has 32 heavy (non-hydrogen) atoms. The average molecular weight is 447 g/mol. The van der Waals surface area contributed by atoms with Gasteiger partial charge < -0.3 is 11.1 Å². The molecule has 4 rings (SSSR count). The summed E-state index contributed by atoms with van der Waals surface area (Å²) in [6, 6.07) is 17.1. The van der Waals surface area contributed by atoms with Gasteiger partial charge in [-0.25, -0.2) is 0 Å². The summed E-state index contributed by atoms with van der Waals surface area (Å²) in [6.07, 6.45) is 6.97. The first kappa shape index (κ1) is 21.5. The number of nitrogens with two attached hydrogens (primary N) is 1. The molecule has 0 radical (unpaired) electrons. The van der Waals surface area contributed by atoms with Crippen molar-refractivity contribution in [1.29, 1.82) is 0 Å². The summed E-state index contributed by atoms with van der Waals surface area (Å²) in [7, 11) is 0. The topological polar surface area (TPSA) is 98.7 Å². The number of hydrogen-bond donors (Lipinski definition) is 2. The molecule has 0 spiro atoms. The maximum atomic E-state index is 12.5. The number of aromatic nitrogens is 4. The van der Waals surface area contributed by atoms with E-state index in [-0.39, 0.29) is 12.3 Å². The van der Waals surface area contributed by atoms with Crippen molar-refractivity contribution in [1.82, 2.24) is 20.0 Å². The Labute approximate surface area is 191 Å². The zero-order valence-electron chi connectivity index (χ0n) is 17.4. The Morgan fingerprint density at radius 1 is 1.06 bits per heavy atom. The van der Waals surface area contributed by atoms with Crippen LogP contribution in [0.2, 0.25) is 5.02 Å². The fourth-order valence-electron chi connectivity index (χ4n) is 3.29. The van der Waals surface area contributed by atoms with Crippen LogP contribution in [0.25, 0.3) is 11.1 Å². The Bertz CT molecular complexity index is 1190. The SMILES string of the molecule is Nc1ccc(-c2cccnc2)cc1NC(=O)CCc1cn(CCc2ccc(Cl)cc2)nn1. The number of carbonyl (C=O) groups excluding carboxylic acids is 1. The zero-order valence-corrected chi connectivity index (χ0v) is 18.2. The normalized spacial score (nSPS) is 10.8. The number of carbonyl (C=O) groups is 1.